The molecule has 1 unspecified atom stereocenters. The SMILES string of the molecule is CC(c1c[nH]c2ccccc12)N1CCC[C@H]1COc1ccc(C=O)cc1. The molecule has 0 aliphatic carbocycles. The Bertz CT molecular complexity index is 885. The van der Waals surface area contributed by atoms with Crippen molar-refractivity contribution in [3.63, 3.8) is 0 Å². The third-order valence-corrected chi connectivity index (χ3v) is 5.45. The second kappa shape index (κ2) is 7.34. The van der Waals surface area contributed by atoms with Gasteiger partial charge in [-0.05, 0) is 62.2 Å². The standard InChI is InChI=1S/C22H24N2O2/c1-16(21-13-23-22-7-3-2-6-20(21)22)24-12-4-5-18(24)15-26-19-10-8-17(14-25)9-11-19/h2-3,6-11,13-14,16,18,23H,4-5,12,15H2,1H3/t16?,18-/m0/s1. The van der Waals surface area contributed by atoms with E-state index in [0.29, 0.717) is 24.3 Å². The first-order valence-electron chi connectivity index (χ1n) is 9.26. The molecule has 1 N–H and O–H groups in total. The summed E-state index contributed by atoms with van der Waals surface area (Å²) in [5.41, 5.74) is 3.22. The Labute approximate surface area is 153 Å². The lowest BCUT2D eigenvalue weighted by Crippen LogP contribution is -2.36. The van der Waals surface area contributed by atoms with Gasteiger partial charge in [0, 0.05) is 34.7 Å². The number of aromatic amines is 1. The number of nitrogens with one attached hydrogen (secondary N) is 1. The van der Waals surface area contributed by atoms with E-state index in [9.17, 15) is 4.79 Å². The van der Waals surface area contributed by atoms with Gasteiger partial charge in [0.25, 0.3) is 0 Å². The monoisotopic (exact) mass is 348 g/mol. The molecule has 2 aromatic carbocycles. The first kappa shape index (κ1) is 16.9. The number of hydrogen-bond acceptors (Lipinski definition) is 3. The van der Waals surface area contributed by atoms with Gasteiger partial charge in [-0.1, -0.05) is 18.2 Å². The van der Waals surface area contributed by atoms with Gasteiger partial charge in [-0.3, -0.25) is 9.69 Å². The fourth-order valence-electron chi connectivity index (χ4n) is 4.00. The van der Waals surface area contributed by atoms with Crippen molar-refractivity contribution in [2.75, 3.05) is 13.2 Å². The lowest BCUT2D eigenvalue weighted by atomic mass is 10.0. The first-order chi connectivity index (χ1) is 12.8. The van der Waals surface area contributed by atoms with Crippen LogP contribution in [0.5, 0.6) is 5.75 Å². The average molecular weight is 348 g/mol. The van der Waals surface area contributed by atoms with E-state index in [2.05, 4.69) is 47.3 Å². The summed E-state index contributed by atoms with van der Waals surface area (Å²) in [4.78, 5) is 16.7. The fourth-order valence-corrected chi connectivity index (χ4v) is 4.00. The Balaban J connectivity index is 1.46. The van der Waals surface area contributed by atoms with Crippen LogP contribution >= 0.6 is 0 Å². The second-order valence-corrected chi connectivity index (χ2v) is 7.00. The van der Waals surface area contributed by atoms with Gasteiger partial charge in [0.1, 0.15) is 18.6 Å². The number of carbonyl (C=O) groups excluding carboxylic acids is 1. The predicted octanol–water partition coefficient (Wildman–Crippen LogP) is 4.58. The largest absolute Gasteiger partial charge is 0.492 e. The van der Waals surface area contributed by atoms with Crippen LogP contribution < -0.4 is 4.74 Å². The lowest BCUT2D eigenvalue weighted by molar-refractivity contribution is 0.112. The second-order valence-electron chi connectivity index (χ2n) is 7.00. The molecule has 1 saturated heterocycles. The van der Waals surface area contributed by atoms with E-state index in [-0.39, 0.29) is 0 Å². The van der Waals surface area contributed by atoms with Crippen molar-refractivity contribution in [3.8, 4) is 5.75 Å². The van der Waals surface area contributed by atoms with Crippen molar-refractivity contribution in [1.29, 1.82) is 0 Å². The number of benzene rings is 2. The van der Waals surface area contributed by atoms with Crippen LogP contribution in [0, 0.1) is 0 Å². The van der Waals surface area contributed by atoms with Crippen molar-refractivity contribution in [2.45, 2.75) is 31.8 Å². The van der Waals surface area contributed by atoms with E-state index in [0.717, 1.165) is 25.0 Å². The predicted molar refractivity (Wildman–Crippen MR) is 104 cm³/mol. The summed E-state index contributed by atoms with van der Waals surface area (Å²) in [5.74, 6) is 0.821. The van der Waals surface area contributed by atoms with Gasteiger partial charge in [-0.15, -0.1) is 0 Å². The highest BCUT2D eigenvalue weighted by atomic mass is 16.5. The molecule has 2 heterocycles. The molecule has 0 spiro atoms. The van der Waals surface area contributed by atoms with Crippen LogP contribution in [0.25, 0.3) is 10.9 Å². The van der Waals surface area contributed by atoms with Gasteiger partial charge in [-0.25, -0.2) is 0 Å². The van der Waals surface area contributed by atoms with Crippen molar-refractivity contribution < 1.29 is 9.53 Å². The molecule has 4 heteroatoms. The van der Waals surface area contributed by atoms with E-state index in [1.165, 1.54) is 22.9 Å². The molecule has 2 atom stereocenters. The van der Waals surface area contributed by atoms with Gasteiger partial charge >= 0.3 is 0 Å². The number of hydrogen-bond donors (Lipinski definition) is 1. The number of rotatable bonds is 6. The molecule has 1 aliphatic rings. The number of H-pyrrole nitrogens is 1. The summed E-state index contributed by atoms with van der Waals surface area (Å²) in [6.45, 7) is 4.05. The number of nitrogens with zero attached hydrogens (tertiary/aromatic N) is 1. The highest BCUT2D eigenvalue weighted by molar-refractivity contribution is 5.83. The maximum absolute atomic E-state index is 10.8. The minimum Gasteiger partial charge on any atom is -0.492 e. The number of ether oxygens (including phenoxy) is 1. The number of aromatic nitrogens is 1. The van der Waals surface area contributed by atoms with Gasteiger partial charge in [0.2, 0.25) is 0 Å². The Hall–Kier alpha value is -2.59. The highest BCUT2D eigenvalue weighted by Gasteiger charge is 2.30. The maximum atomic E-state index is 10.8. The van der Waals surface area contributed by atoms with Crippen molar-refractivity contribution in [3.05, 3.63) is 65.9 Å². The number of likely N-dealkylation sites (tertiary alicyclic amines) is 1. The molecule has 3 aromatic rings. The number of carbonyl (C=O) groups is 1. The average Bonchev–Trinajstić information content (AvgIpc) is 3.33. The van der Waals surface area contributed by atoms with Crippen LogP contribution in [0.2, 0.25) is 0 Å². The molecule has 0 bridgehead atoms. The smallest absolute Gasteiger partial charge is 0.150 e. The molecule has 0 radical (unpaired) electrons. The summed E-state index contributed by atoms with van der Waals surface area (Å²) >= 11 is 0. The molecule has 0 saturated carbocycles. The van der Waals surface area contributed by atoms with E-state index in [1.54, 1.807) is 12.1 Å². The third-order valence-electron chi connectivity index (χ3n) is 5.45. The summed E-state index contributed by atoms with van der Waals surface area (Å²) in [5, 5.41) is 1.30. The normalized spacial score (nSPS) is 18.9. The molecular weight excluding hydrogens is 324 g/mol. The van der Waals surface area contributed by atoms with Crippen molar-refractivity contribution in [2.24, 2.45) is 0 Å². The zero-order valence-corrected chi connectivity index (χ0v) is 15.0. The quantitative estimate of drug-likeness (QED) is 0.663. The summed E-state index contributed by atoms with van der Waals surface area (Å²) in [6.07, 6.45) is 5.35. The summed E-state index contributed by atoms with van der Waals surface area (Å²) in [7, 11) is 0. The minimum atomic E-state index is 0.347. The van der Waals surface area contributed by atoms with Crippen molar-refractivity contribution >= 4 is 17.2 Å². The van der Waals surface area contributed by atoms with Gasteiger partial charge in [0.15, 0.2) is 0 Å². The van der Waals surface area contributed by atoms with Gasteiger partial charge in [0.05, 0.1) is 0 Å². The molecular formula is C22H24N2O2. The molecule has 26 heavy (non-hydrogen) atoms. The van der Waals surface area contributed by atoms with Gasteiger partial charge in [-0.2, -0.15) is 0 Å². The zero-order valence-electron chi connectivity index (χ0n) is 15.0. The topological polar surface area (TPSA) is 45.3 Å². The lowest BCUT2D eigenvalue weighted by Gasteiger charge is -2.30. The maximum Gasteiger partial charge on any atom is 0.150 e. The van der Waals surface area contributed by atoms with Crippen LogP contribution in [0.15, 0.2) is 54.7 Å². The van der Waals surface area contributed by atoms with Crippen LogP contribution in [0.3, 0.4) is 0 Å². The van der Waals surface area contributed by atoms with Crippen molar-refractivity contribution in [1.82, 2.24) is 9.88 Å². The Morgan fingerprint density at radius 1 is 1.23 bits per heavy atom. The highest BCUT2D eigenvalue weighted by Crippen LogP contribution is 2.33. The molecule has 0 amide bonds. The van der Waals surface area contributed by atoms with Crippen LogP contribution in [-0.4, -0.2) is 35.4 Å². The Morgan fingerprint density at radius 2 is 2.04 bits per heavy atom. The first-order valence-corrected chi connectivity index (χ1v) is 9.26. The molecule has 1 aromatic heterocycles. The van der Waals surface area contributed by atoms with E-state index in [1.807, 2.05) is 12.1 Å². The molecule has 1 aliphatic heterocycles. The third kappa shape index (κ3) is 3.25. The zero-order chi connectivity index (χ0) is 17.9. The van der Waals surface area contributed by atoms with E-state index in [4.69, 9.17) is 4.74 Å². The summed E-state index contributed by atoms with van der Waals surface area (Å²) in [6, 6.07) is 16.6. The fraction of sp³-hybridized carbons (Fsp3) is 0.318. The van der Waals surface area contributed by atoms with Crippen LogP contribution in [0.1, 0.15) is 41.7 Å². The molecule has 4 rings (SSSR count). The molecule has 4 nitrogen and oxygen atoms in total. The van der Waals surface area contributed by atoms with Gasteiger partial charge < -0.3 is 9.72 Å². The summed E-state index contributed by atoms with van der Waals surface area (Å²) < 4.78 is 6.01. The van der Waals surface area contributed by atoms with E-state index < -0.39 is 0 Å². The number of fused-ring (bicyclic) bond motifs is 1. The molecule has 1 fully saturated rings. The Kier molecular flexibility index (Phi) is 4.76. The number of aldehydes is 1. The van der Waals surface area contributed by atoms with Crippen LogP contribution in [-0.2, 0) is 0 Å². The molecule has 134 valence electrons. The van der Waals surface area contributed by atoms with E-state index >= 15 is 0 Å². The van der Waals surface area contributed by atoms with Crippen LogP contribution in [0.4, 0.5) is 0 Å². The minimum absolute atomic E-state index is 0.347. The Morgan fingerprint density at radius 3 is 2.85 bits per heavy atom. The number of para-hydroxylation sites is 1.